The molecule has 5 heteroatoms. The van der Waals surface area contributed by atoms with Crippen LogP contribution < -0.4 is 0 Å². The van der Waals surface area contributed by atoms with E-state index in [0.717, 1.165) is 17.8 Å². The second kappa shape index (κ2) is 5.28. The predicted molar refractivity (Wildman–Crippen MR) is 73.4 cm³/mol. The summed E-state index contributed by atoms with van der Waals surface area (Å²) in [5.41, 5.74) is 0.690. The summed E-state index contributed by atoms with van der Waals surface area (Å²) in [4.78, 5) is 12.2. The molecule has 0 unspecified atom stereocenters. The van der Waals surface area contributed by atoms with Gasteiger partial charge in [0.05, 0.1) is 11.3 Å². The molecule has 0 saturated carbocycles. The first-order valence-corrected chi connectivity index (χ1v) is 6.26. The van der Waals surface area contributed by atoms with Gasteiger partial charge in [0.15, 0.2) is 0 Å². The Kier molecular flexibility index (Phi) is 3.31. The van der Waals surface area contributed by atoms with E-state index in [0.29, 0.717) is 6.07 Å². The van der Waals surface area contributed by atoms with Gasteiger partial charge in [0.2, 0.25) is 5.78 Å². The van der Waals surface area contributed by atoms with Crippen molar-refractivity contribution in [2.24, 2.45) is 0 Å². The minimum Gasteiger partial charge on any atom is -0.287 e. The third-order valence-electron chi connectivity index (χ3n) is 3.02. The number of carbonyl (C=O) groups excluding carboxylic acids is 1. The van der Waals surface area contributed by atoms with Gasteiger partial charge in [0.25, 0.3) is 0 Å². The molecule has 0 aliphatic carbocycles. The van der Waals surface area contributed by atoms with Crippen LogP contribution in [-0.2, 0) is 0 Å². The molecule has 3 rings (SSSR count). The van der Waals surface area contributed by atoms with Crippen molar-refractivity contribution in [2.75, 3.05) is 0 Å². The third-order valence-corrected chi connectivity index (χ3v) is 3.02. The lowest BCUT2D eigenvalue weighted by Crippen LogP contribution is -2.06. The molecule has 0 aliphatic rings. The number of nitrogens with zero attached hydrogens (tertiary/aromatic N) is 2. The number of benzene rings is 2. The Morgan fingerprint density at radius 1 is 1.00 bits per heavy atom. The van der Waals surface area contributed by atoms with E-state index in [1.807, 2.05) is 30.3 Å². The number of hydrogen-bond acceptors (Lipinski definition) is 2. The SMILES string of the molecule is O=C(c1ccn(-c2ccccc2)n1)c1ccc(F)cc1F. The molecular weight excluding hydrogens is 274 g/mol. The van der Waals surface area contributed by atoms with Crippen LogP contribution in [0, 0.1) is 11.6 Å². The van der Waals surface area contributed by atoms with Crippen molar-refractivity contribution in [1.82, 2.24) is 9.78 Å². The maximum atomic E-state index is 13.6. The van der Waals surface area contributed by atoms with Gasteiger partial charge >= 0.3 is 0 Å². The largest absolute Gasteiger partial charge is 0.287 e. The van der Waals surface area contributed by atoms with Crippen LogP contribution in [0.5, 0.6) is 0 Å². The summed E-state index contributed by atoms with van der Waals surface area (Å²) >= 11 is 0. The number of hydrogen-bond donors (Lipinski definition) is 0. The molecular formula is C16H10F2N2O. The predicted octanol–water partition coefficient (Wildman–Crippen LogP) is 3.38. The maximum absolute atomic E-state index is 13.6. The fourth-order valence-corrected chi connectivity index (χ4v) is 1.98. The van der Waals surface area contributed by atoms with Crippen LogP contribution >= 0.6 is 0 Å². The molecule has 0 fully saturated rings. The van der Waals surface area contributed by atoms with Gasteiger partial charge in [-0.2, -0.15) is 5.10 Å². The van der Waals surface area contributed by atoms with Crippen molar-refractivity contribution in [3.8, 4) is 5.69 Å². The van der Waals surface area contributed by atoms with E-state index in [1.165, 1.54) is 10.7 Å². The molecule has 0 amide bonds. The van der Waals surface area contributed by atoms with Gasteiger partial charge in [-0.1, -0.05) is 18.2 Å². The second-order valence-electron chi connectivity index (χ2n) is 4.43. The summed E-state index contributed by atoms with van der Waals surface area (Å²) in [5.74, 6) is -2.20. The first kappa shape index (κ1) is 13.2. The molecule has 1 heterocycles. The maximum Gasteiger partial charge on any atom is 0.216 e. The molecule has 3 aromatic rings. The molecule has 0 spiro atoms. The summed E-state index contributed by atoms with van der Waals surface area (Å²) < 4.78 is 28.0. The van der Waals surface area contributed by atoms with Gasteiger partial charge < -0.3 is 0 Å². The van der Waals surface area contributed by atoms with Crippen molar-refractivity contribution in [3.63, 3.8) is 0 Å². The van der Waals surface area contributed by atoms with Gasteiger partial charge in [-0.3, -0.25) is 4.79 Å². The van der Waals surface area contributed by atoms with Gasteiger partial charge in [0.1, 0.15) is 17.3 Å². The minimum absolute atomic E-state index is 0.101. The fraction of sp³-hybridized carbons (Fsp3) is 0. The number of rotatable bonds is 3. The fourth-order valence-electron chi connectivity index (χ4n) is 1.98. The number of ketones is 1. The molecule has 0 N–H and O–H groups in total. The zero-order chi connectivity index (χ0) is 14.8. The summed E-state index contributed by atoms with van der Waals surface area (Å²) in [7, 11) is 0. The van der Waals surface area contributed by atoms with E-state index in [4.69, 9.17) is 0 Å². The van der Waals surface area contributed by atoms with E-state index >= 15 is 0 Å². The molecule has 0 radical (unpaired) electrons. The van der Waals surface area contributed by atoms with Gasteiger partial charge in [-0.25, -0.2) is 13.5 Å². The highest BCUT2D eigenvalue weighted by Crippen LogP contribution is 2.15. The van der Waals surface area contributed by atoms with Crippen LogP contribution in [0.1, 0.15) is 16.1 Å². The Morgan fingerprint density at radius 3 is 2.48 bits per heavy atom. The van der Waals surface area contributed by atoms with E-state index < -0.39 is 17.4 Å². The lowest BCUT2D eigenvalue weighted by Gasteiger charge is -2.01. The summed E-state index contributed by atoms with van der Waals surface area (Å²) in [6.45, 7) is 0. The van der Waals surface area contributed by atoms with E-state index in [9.17, 15) is 13.6 Å². The Labute approximate surface area is 119 Å². The zero-order valence-corrected chi connectivity index (χ0v) is 10.8. The molecule has 0 aliphatic heterocycles. The highest BCUT2D eigenvalue weighted by atomic mass is 19.1. The topological polar surface area (TPSA) is 34.9 Å². The molecule has 2 aromatic carbocycles. The smallest absolute Gasteiger partial charge is 0.216 e. The molecule has 0 bridgehead atoms. The highest BCUT2D eigenvalue weighted by Gasteiger charge is 2.17. The first-order chi connectivity index (χ1) is 10.1. The van der Waals surface area contributed by atoms with Crippen LogP contribution in [-0.4, -0.2) is 15.6 Å². The standard InChI is InChI=1S/C16H10F2N2O/c17-11-6-7-13(14(18)10-11)16(21)15-8-9-20(19-15)12-4-2-1-3-5-12/h1-10H. The Morgan fingerprint density at radius 2 is 1.76 bits per heavy atom. The van der Waals surface area contributed by atoms with E-state index in [1.54, 1.807) is 6.20 Å². The summed E-state index contributed by atoms with van der Waals surface area (Å²) in [6.07, 6.45) is 1.62. The van der Waals surface area contributed by atoms with Crippen molar-refractivity contribution < 1.29 is 13.6 Å². The molecule has 0 saturated heterocycles. The number of halogens is 2. The van der Waals surface area contributed by atoms with Crippen molar-refractivity contribution in [3.05, 3.63) is 83.7 Å². The lowest BCUT2D eigenvalue weighted by atomic mass is 10.1. The average Bonchev–Trinajstić information content (AvgIpc) is 2.97. The van der Waals surface area contributed by atoms with Crippen LogP contribution in [0.4, 0.5) is 8.78 Å². The second-order valence-corrected chi connectivity index (χ2v) is 4.43. The van der Waals surface area contributed by atoms with Gasteiger partial charge in [0, 0.05) is 12.3 Å². The number of aromatic nitrogens is 2. The van der Waals surface area contributed by atoms with Crippen molar-refractivity contribution in [2.45, 2.75) is 0 Å². The Balaban J connectivity index is 1.94. The monoisotopic (exact) mass is 284 g/mol. The first-order valence-electron chi connectivity index (χ1n) is 6.26. The Bertz CT molecular complexity index is 797. The van der Waals surface area contributed by atoms with Crippen molar-refractivity contribution in [1.29, 1.82) is 0 Å². The number of carbonyl (C=O) groups is 1. The van der Waals surface area contributed by atoms with Crippen LogP contribution in [0.25, 0.3) is 5.69 Å². The van der Waals surface area contributed by atoms with Crippen LogP contribution in [0.3, 0.4) is 0 Å². The zero-order valence-electron chi connectivity index (χ0n) is 10.8. The average molecular weight is 284 g/mol. The third kappa shape index (κ3) is 2.58. The van der Waals surface area contributed by atoms with Gasteiger partial charge in [-0.05, 0) is 30.3 Å². The summed E-state index contributed by atoms with van der Waals surface area (Å²) in [6, 6.07) is 13.6. The molecule has 1 aromatic heterocycles. The summed E-state index contributed by atoms with van der Waals surface area (Å²) in [5, 5.41) is 4.13. The molecule has 21 heavy (non-hydrogen) atoms. The lowest BCUT2D eigenvalue weighted by molar-refractivity contribution is 0.103. The number of para-hydroxylation sites is 1. The molecule has 104 valence electrons. The van der Waals surface area contributed by atoms with Crippen molar-refractivity contribution >= 4 is 5.78 Å². The Hall–Kier alpha value is -2.82. The van der Waals surface area contributed by atoms with Crippen LogP contribution in [0.2, 0.25) is 0 Å². The minimum atomic E-state index is -0.894. The molecule has 0 atom stereocenters. The van der Waals surface area contributed by atoms with E-state index in [2.05, 4.69) is 5.10 Å². The van der Waals surface area contributed by atoms with Gasteiger partial charge in [-0.15, -0.1) is 0 Å². The van der Waals surface area contributed by atoms with E-state index in [-0.39, 0.29) is 11.3 Å². The molecule has 3 nitrogen and oxygen atoms in total. The quantitative estimate of drug-likeness (QED) is 0.691. The normalized spacial score (nSPS) is 10.6. The highest BCUT2D eigenvalue weighted by molar-refractivity contribution is 6.07. The van der Waals surface area contributed by atoms with Crippen LogP contribution in [0.15, 0.2) is 60.8 Å².